The molecule has 0 heterocycles. The molecule has 4 rings (SSSR count). The molecule has 0 aliphatic carbocycles. The van der Waals surface area contributed by atoms with Gasteiger partial charge in [-0.3, -0.25) is 9.11 Å². The summed E-state index contributed by atoms with van der Waals surface area (Å²) in [5, 5.41) is 1.91. The second-order valence-corrected chi connectivity index (χ2v) is 9.39. The number of fused-ring (bicyclic) bond motifs is 2. The van der Waals surface area contributed by atoms with Gasteiger partial charge in [0.2, 0.25) is 0 Å². The van der Waals surface area contributed by atoms with Crippen LogP contribution in [-0.2, 0) is 26.7 Å². The molecule has 0 unspecified atom stereocenters. The molecule has 30 heavy (non-hydrogen) atoms. The minimum absolute atomic E-state index is 0. The Balaban J connectivity index is 0.00000256. The van der Waals surface area contributed by atoms with Gasteiger partial charge in [0.15, 0.2) is 0 Å². The van der Waals surface area contributed by atoms with Crippen molar-refractivity contribution in [2.24, 2.45) is 0 Å². The van der Waals surface area contributed by atoms with Crippen LogP contribution in [0.1, 0.15) is 11.1 Å². The largest absolute Gasteiger partial charge is 0.295 e. The molecule has 4 aromatic carbocycles. The number of benzene rings is 4. The van der Waals surface area contributed by atoms with Gasteiger partial charge >= 0.3 is 0 Å². The van der Waals surface area contributed by atoms with Gasteiger partial charge in [-0.25, -0.2) is 0 Å². The molecule has 2 N–H and O–H groups in total. The van der Waals surface area contributed by atoms with E-state index in [9.17, 15) is 25.9 Å². The third-order valence-electron chi connectivity index (χ3n) is 4.82. The Morgan fingerprint density at radius 1 is 0.567 bits per heavy atom. The van der Waals surface area contributed by atoms with E-state index < -0.39 is 20.2 Å². The third-order valence-corrected chi connectivity index (χ3v) is 6.82. The monoisotopic (exact) mass is 451 g/mol. The molecule has 9 heteroatoms. The smallest absolute Gasteiger partial charge is 0.282 e. The average molecular weight is 451 g/mol. The molecule has 0 spiro atoms. The summed E-state index contributed by atoms with van der Waals surface area (Å²) in [5.41, 5.74) is 0.456. The van der Waals surface area contributed by atoms with Crippen LogP contribution in [0.3, 0.4) is 0 Å². The van der Waals surface area contributed by atoms with E-state index in [4.69, 9.17) is 0 Å². The van der Waals surface area contributed by atoms with Gasteiger partial charge in [-0.05, 0) is 21.9 Å². The van der Waals surface area contributed by atoms with Crippen molar-refractivity contribution in [1.82, 2.24) is 0 Å². The molecule has 6 nitrogen and oxygen atoms in total. The van der Waals surface area contributed by atoms with E-state index in [1.165, 1.54) is 12.1 Å². The first-order valence-electron chi connectivity index (χ1n) is 8.62. The van der Waals surface area contributed by atoms with Gasteiger partial charge in [0.1, 0.15) is 9.79 Å². The van der Waals surface area contributed by atoms with E-state index in [1.54, 1.807) is 60.7 Å². The molecule has 4 aromatic rings. The predicted molar refractivity (Wildman–Crippen MR) is 116 cm³/mol. The molecule has 149 valence electrons. The van der Waals surface area contributed by atoms with Gasteiger partial charge in [0.05, 0.1) is 0 Å². The predicted octanol–water partition coefficient (Wildman–Crippen LogP) is 3.70. The Kier molecular flexibility index (Phi) is 6.41. The second-order valence-electron chi connectivity index (χ2n) is 6.68. The van der Waals surface area contributed by atoms with Crippen molar-refractivity contribution in [1.29, 1.82) is 0 Å². The van der Waals surface area contributed by atoms with Crippen LogP contribution in [0.15, 0.2) is 82.6 Å². The molecule has 0 atom stereocenters. The van der Waals surface area contributed by atoms with Crippen LogP contribution in [0.2, 0.25) is 0 Å². The topological polar surface area (TPSA) is 109 Å². The van der Waals surface area contributed by atoms with Gasteiger partial charge in [0, 0.05) is 46.8 Å². The van der Waals surface area contributed by atoms with Crippen molar-refractivity contribution in [2.45, 2.75) is 16.2 Å². The van der Waals surface area contributed by atoms with Gasteiger partial charge < -0.3 is 0 Å². The van der Waals surface area contributed by atoms with Crippen LogP contribution in [0.25, 0.3) is 21.5 Å². The Labute approximate surface area is 196 Å². The molecule has 0 saturated heterocycles. The molecular weight excluding hydrogens is 435 g/mol. The number of rotatable bonds is 4. The zero-order chi connectivity index (χ0) is 20.8. The van der Waals surface area contributed by atoms with Crippen molar-refractivity contribution in [3.8, 4) is 0 Å². The standard InChI is InChI=1S/C21H16O6S2.Na/c22-28(23,24)20-16(11-9-14-5-1-3-7-18(14)20)13-17-12-10-15-6-2-4-8-19(15)21(17)29(25,26)27;/h1-12H,13H2,(H,22,23,24)(H,25,26,27);. The van der Waals surface area contributed by atoms with Gasteiger partial charge in [-0.2, -0.15) is 16.8 Å². The normalized spacial score (nSPS) is 12.1. The van der Waals surface area contributed by atoms with Crippen LogP contribution in [0.5, 0.6) is 0 Å². The van der Waals surface area contributed by atoms with Crippen LogP contribution in [0.4, 0.5) is 0 Å². The minimum atomic E-state index is -4.58. The molecule has 0 aliphatic heterocycles. The molecule has 0 aliphatic rings. The zero-order valence-electron chi connectivity index (χ0n) is 16.0. The Morgan fingerprint density at radius 2 is 0.933 bits per heavy atom. The van der Waals surface area contributed by atoms with E-state index in [-0.39, 0.29) is 56.9 Å². The van der Waals surface area contributed by atoms with Gasteiger partial charge in [-0.15, -0.1) is 0 Å². The summed E-state index contributed by atoms with van der Waals surface area (Å²) in [6.45, 7) is 0. The van der Waals surface area contributed by atoms with E-state index in [0.29, 0.717) is 21.5 Å². The summed E-state index contributed by atoms with van der Waals surface area (Å²) in [6.07, 6.45) is -0.111. The van der Waals surface area contributed by atoms with Crippen molar-refractivity contribution < 1.29 is 25.9 Å². The Morgan fingerprint density at radius 3 is 1.30 bits per heavy atom. The first kappa shape index (κ1) is 22.9. The molecule has 1 radical (unpaired) electrons. The van der Waals surface area contributed by atoms with E-state index in [0.717, 1.165) is 0 Å². The minimum Gasteiger partial charge on any atom is -0.282 e. The van der Waals surface area contributed by atoms with Crippen molar-refractivity contribution in [3.05, 3.63) is 83.9 Å². The first-order chi connectivity index (χ1) is 13.7. The SMILES string of the molecule is O=S(=O)(O)c1c(Cc2ccc3ccccc3c2S(=O)(=O)O)ccc2ccccc12.[Na]. The van der Waals surface area contributed by atoms with Crippen molar-refractivity contribution >= 4 is 71.3 Å². The van der Waals surface area contributed by atoms with E-state index in [2.05, 4.69) is 0 Å². The molecular formula is C21H16NaO6S2. The Hall–Kier alpha value is -1.78. The third kappa shape index (κ3) is 4.31. The van der Waals surface area contributed by atoms with E-state index in [1.807, 2.05) is 0 Å². The molecule has 0 bridgehead atoms. The van der Waals surface area contributed by atoms with Gasteiger partial charge in [0.25, 0.3) is 20.2 Å². The summed E-state index contributed by atoms with van der Waals surface area (Å²) in [7, 11) is -9.17. The van der Waals surface area contributed by atoms with Crippen LogP contribution in [-0.4, -0.2) is 55.5 Å². The first-order valence-corrected chi connectivity index (χ1v) is 11.5. The van der Waals surface area contributed by atoms with Crippen LogP contribution >= 0.6 is 0 Å². The fraction of sp³-hybridized carbons (Fsp3) is 0.0476. The zero-order valence-corrected chi connectivity index (χ0v) is 19.6. The molecule has 0 aromatic heterocycles. The number of hydrogen-bond acceptors (Lipinski definition) is 4. The maximum absolute atomic E-state index is 12.1. The summed E-state index contributed by atoms with van der Waals surface area (Å²) >= 11 is 0. The van der Waals surface area contributed by atoms with E-state index >= 15 is 0 Å². The second kappa shape index (κ2) is 8.39. The molecule has 0 amide bonds. The molecule has 0 fully saturated rings. The fourth-order valence-corrected chi connectivity index (χ4v) is 5.54. The fourth-order valence-electron chi connectivity index (χ4n) is 3.67. The van der Waals surface area contributed by atoms with Crippen LogP contribution < -0.4 is 0 Å². The molecule has 0 saturated carbocycles. The maximum atomic E-state index is 12.1. The average Bonchev–Trinajstić information content (AvgIpc) is 2.65. The van der Waals surface area contributed by atoms with Crippen molar-refractivity contribution in [2.75, 3.05) is 0 Å². The summed E-state index contributed by atoms with van der Waals surface area (Å²) in [5.74, 6) is 0. The van der Waals surface area contributed by atoms with Crippen molar-refractivity contribution in [3.63, 3.8) is 0 Å². The summed E-state index contributed by atoms with van der Waals surface area (Å²) < 4.78 is 68.3. The quantitative estimate of drug-likeness (QED) is 0.362. The summed E-state index contributed by atoms with van der Waals surface area (Å²) in [4.78, 5) is -0.546. The van der Waals surface area contributed by atoms with Gasteiger partial charge in [-0.1, -0.05) is 72.8 Å². The maximum Gasteiger partial charge on any atom is 0.295 e. The Bertz CT molecular complexity index is 1370. The number of hydrogen-bond donors (Lipinski definition) is 2. The summed E-state index contributed by atoms with van der Waals surface area (Å²) in [6, 6.07) is 19.9. The van der Waals surface area contributed by atoms with Crippen LogP contribution in [0, 0.1) is 0 Å².